The maximum atomic E-state index is 13.3. The molecule has 134 valence electrons. The van der Waals surface area contributed by atoms with Gasteiger partial charge in [0, 0.05) is 43.2 Å². The van der Waals surface area contributed by atoms with Crippen molar-refractivity contribution in [2.45, 2.75) is 6.54 Å². The quantitative estimate of drug-likeness (QED) is 0.603. The maximum Gasteiger partial charge on any atom is 0.225 e. The van der Waals surface area contributed by atoms with E-state index in [4.69, 9.17) is 5.11 Å². The van der Waals surface area contributed by atoms with Gasteiger partial charge in [-0.05, 0) is 29.8 Å². The van der Waals surface area contributed by atoms with Gasteiger partial charge in [-0.15, -0.1) is 0 Å². The molecule has 0 radical (unpaired) electrons. The van der Waals surface area contributed by atoms with Crippen LogP contribution in [0.2, 0.25) is 0 Å². The highest BCUT2D eigenvalue weighted by Gasteiger charge is 2.08. The highest BCUT2D eigenvalue weighted by molar-refractivity contribution is 5.63. The molecule has 0 aliphatic carbocycles. The molecule has 3 N–H and O–H groups in total. The number of halogens is 2. The van der Waals surface area contributed by atoms with Crippen LogP contribution in [0.3, 0.4) is 0 Å². The summed E-state index contributed by atoms with van der Waals surface area (Å²) in [5.74, 6) is -0.447. The number of aromatic nitrogens is 3. The van der Waals surface area contributed by atoms with Crippen molar-refractivity contribution in [2.24, 2.45) is 0 Å². The lowest BCUT2D eigenvalue weighted by Gasteiger charge is -2.11. The number of nitrogens with zero attached hydrogens (tertiary/aromatic N) is 3. The van der Waals surface area contributed by atoms with Gasteiger partial charge in [0.2, 0.25) is 5.95 Å². The molecule has 3 aromatic rings. The summed E-state index contributed by atoms with van der Waals surface area (Å²) in [6, 6.07) is 8.69. The third kappa shape index (κ3) is 4.70. The number of pyridine rings is 1. The predicted molar refractivity (Wildman–Crippen MR) is 94.5 cm³/mol. The molecule has 6 nitrogen and oxygen atoms in total. The van der Waals surface area contributed by atoms with Gasteiger partial charge in [0.1, 0.15) is 17.5 Å². The predicted octanol–water partition coefficient (Wildman–Crippen LogP) is 2.83. The molecule has 0 unspecified atom stereocenters. The molecule has 0 amide bonds. The van der Waals surface area contributed by atoms with Crippen molar-refractivity contribution < 1.29 is 13.9 Å². The second-order valence-corrected chi connectivity index (χ2v) is 5.48. The monoisotopic (exact) mass is 357 g/mol. The summed E-state index contributed by atoms with van der Waals surface area (Å²) >= 11 is 0. The van der Waals surface area contributed by atoms with Crippen molar-refractivity contribution in [3.05, 3.63) is 66.0 Å². The van der Waals surface area contributed by atoms with Crippen LogP contribution >= 0.6 is 0 Å². The first kappa shape index (κ1) is 17.7. The Kier molecular flexibility index (Phi) is 5.65. The molecule has 3 rings (SSSR count). The molecule has 0 aliphatic rings. The molecule has 0 fully saturated rings. The van der Waals surface area contributed by atoms with Gasteiger partial charge < -0.3 is 15.7 Å². The number of aliphatic hydroxyl groups excluding tert-OH is 1. The van der Waals surface area contributed by atoms with Crippen molar-refractivity contribution in [1.82, 2.24) is 15.0 Å². The maximum absolute atomic E-state index is 13.3. The lowest BCUT2D eigenvalue weighted by atomic mass is 10.2. The van der Waals surface area contributed by atoms with E-state index in [1.54, 1.807) is 18.5 Å². The number of nitrogens with one attached hydrogen (secondary N) is 2. The van der Waals surface area contributed by atoms with E-state index in [1.165, 1.54) is 12.1 Å². The highest BCUT2D eigenvalue weighted by Crippen LogP contribution is 2.21. The van der Waals surface area contributed by atoms with Crippen LogP contribution in [-0.2, 0) is 6.54 Å². The van der Waals surface area contributed by atoms with Gasteiger partial charge in [-0.25, -0.2) is 13.8 Å². The topological polar surface area (TPSA) is 83.0 Å². The Morgan fingerprint density at radius 1 is 0.923 bits per heavy atom. The Morgan fingerprint density at radius 2 is 1.65 bits per heavy atom. The van der Waals surface area contributed by atoms with Gasteiger partial charge in [0.15, 0.2) is 0 Å². The van der Waals surface area contributed by atoms with E-state index in [0.29, 0.717) is 29.6 Å². The number of benzene rings is 1. The van der Waals surface area contributed by atoms with E-state index >= 15 is 0 Å². The zero-order valence-corrected chi connectivity index (χ0v) is 13.8. The average Bonchev–Trinajstić information content (AvgIpc) is 2.64. The van der Waals surface area contributed by atoms with Crippen LogP contribution in [0.15, 0.2) is 48.8 Å². The van der Waals surface area contributed by atoms with E-state index in [0.717, 1.165) is 11.6 Å². The Morgan fingerprint density at radius 3 is 2.35 bits per heavy atom. The van der Waals surface area contributed by atoms with Crippen molar-refractivity contribution in [2.75, 3.05) is 23.8 Å². The summed E-state index contributed by atoms with van der Waals surface area (Å²) in [4.78, 5) is 12.7. The molecular weight excluding hydrogens is 340 g/mol. The van der Waals surface area contributed by atoms with Gasteiger partial charge in [-0.3, -0.25) is 4.98 Å². The Balaban J connectivity index is 1.85. The third-order valence-electron chi connectivity index (χ3n) is 3.49. The summed E-state index contributed by atoms with van der Waals surface area (Å²) in [6.45, 7) is 0.434. The number of hydrogen-bond donors (Lipinski definition) is 3. The standard InChI is InChI=1S/C18H17F2N5O/c19-14-7-12(8-15(20)9-14)11-23-17-10-16(13-1-3-21-4-2-13)24-18(25-17)22-5-6-26/h1-4,7-10,26H,5-6,11H2,(H2,22,23,24,25). The van der Waals surface area contributed by atoms with Crippen molar-refractivity contribution in [1.29, 1.82) is 0 Å². The molecule has 1 aromatic carbocycles. The fourth-order valence-corrected chi connectivity index (χ4v) is 2.36. The lowest BCUT2D eigenvalue weighted by molar-refractivity contribution is 0.311. The van der Waals surface area contributed by atoms with E-state index < -0.39 is 11.6 Å². The van der Waals surface area contributed by atoms with Gasteiger partial charge in [-0.2, -0.15) is 4.98 Å². The molecule has 0 saturated heterocycles. The van der Waals surface area contributed by atoms with Crippen LogP contribution in [0.25, 0.3) is 11.3 Å². The minimum absolute atomic E-state index is 0.0613. The number of aliphatic hydroxyl groups is 1. The first-order chi connectivity index (χ1) is 12.6. The van der Waals surface area contributed by atoms with E-state index in [9.17, 15) is 8.78 Å². The van der Waals surface area contributed by atoms with Gasteiger partial charge >= 0.3 is 0 Å². The largest absolute Gasteiger partial charge is 0.395 e. The fraction of sp³-hybridized carbons (Fsp3) is 0.167. The third-order valence-corrected chi connectivity index (χ3v) is 3.49. The SMILES string of the molecule is OCCNc1nc(NCc2cc(F)cc(F)c2)cc(-c2ccncc2)n1. The molecule has 0 aliphatic heterocycles. The molecule has 2 aromatic heterocycles. The Bertz CT molecular complexity index is 856. The zero-order chi connectivity index (χ0) is 18.4. The molecule has 0 spiro atoms. The fourth-order valence-electron chi connectivity index (χ4n) is 2.36. The van der Waals surface area contributed by atoms with E-state index in [-0.39, 0.29) is 13.2 Å². The second-order valence-electron chi connectivity index (χ2n) is 5.48. The van der Waals surface area contributed by atoms with Crippen LogP contribution < -0.4 is 10.6 Å². The smallest absolute Gasteiger partial charge is 0.225 e. The number of rotatable bonds is 7. The molecule has 0 atom stereocenters. The summed E-state index contributed by atoms with van der Waals surface area (Å²) in [5, 5.41) is 14.9. The average molecular weight is 357 g/mol. The Hall–Kier alpha value is -3.13. The molecular formula is C18H17F2N5O. The van der Waals surface area contributed by atoms with E-state index in [2.05, 4.69) is 25.6 Å². The van der Waals surface area contributed by atoms with Gasteiger partial charge in [0.05, 0.1) is 12.3 Å². The van der Waals surface area contributed by atoms with Crippen molar-refractivity contribution >= 4 is 11.8 Å². The van der Waals surface area contributed by atoms with E-state index in [1.807, 2.05) is 12.1 Å². The minimum atomic E-state index is -0.632. The molecule has 0 saturated carbocycles. The van der Waals surface area contributed by atoms with Crippen molar-refractivity contribution in [3.8, 4) is 11.3 Å². The number of anilines is 2. The molecule has 8 heteroatoms. The summed E-state index contributed by atoms with van der Waals surface area (Å²) in [6.07, 6.45) is 3.31. The highest BCUT2D eigenvalue weighted by atomic mass is 19.1. The Labute approximate surface area is 149 Å². The van der Waals surface area contributed by atoms with Gasteiger partial charge in [-0.1, -0.05) is 0 Å². The van der Waals surface area contributed by atoms with Crippen LogP contribution in [0.1, 0.15) is 5.56 Å². The minimum Gasteiger partial charge on any atom is -0.395 e. The van der Waals surface area contributed by atoms with Crippen LogP contribution in [-0.4, -0.2) is 33.2 Å². The van der Waals surface area contributed by atoms with Crippen LogP contribution in [0.4, 0.5) is 20.5 Å². The second kappa shape index (κ2) is 8.30. The lowest BCUT2D eigenvalue weighted by Crippen LogP contribution is -2.11. The molecule has 2 heterocycles. The summed E-state index contributed by atoms with van der Waals surface area (Å²) in [7, 11) is 0. The first-order valence-corrected chi connectivity index (χ1v) is 7.97. The first-order valence-electron chi connectivity index (χ1n) is 7.97. The van der Waals surface area contributed by atoms with Crippen molar-refractivity contribution in [3.63, 3.8) is 0 Å². The summed E-state index contributed by atoms with van der Waals surface area (Å²) in [5.41, 5.74) is 1.95. The summed E-state index contributed by atoms with van der Waals surface area (Å²) < 4.78 is 26.6. The van der Waals surface area contributed by atoms with Gasteiger partial charge in [0.25, 0.3) is 0 Å². The van der Waals surface area contributed by atoms with Crippen LogP contribution in [0.5, 0.6) is 0 Å². The number of hydrogen-bond acceptors (Lipinski definition) is 6. The normalized spacial score (nSPS) is 10.6. The molecule has 0 bridgehead atoms. The molecule has 26 heavy (non-hydrogen) atoms. The zero-order valence-electron chi connectivity index (χ0n) is 13.8. The van der Waals surface area contributed by atoms with Crippen LogP contribution in [0, 0.1) is 11.6 Å².